The van der Waals surface area contributed by atoms with Crippen molar-refractivity contribution >= 4 is 5.91 Å². The van der Waals surface area contributed by atoms with Gasteiger partial charge in [-0.3, -0.25) is 9.69 Å². The number of nitrogens with zero attached hydrogens (tertiary/aromatic N) is 2. The van der Waals surface area contributed by atoms with Gasteiger partial charge in [0.1, 0.15) is 0 Å². The molecule has 2 heterocycles. The molecule has 26 heavy (non-hydrogen) atoms. The highest BCUT2D eigenvalue weighted by Gasteiger charge is 2.16. The summed E-state index contributed by atoms with van der Waals surface area (Å²) in [6.07, 6.45) is 7.73. The van der Waals surface area contributed by atoms with Crippen molar-refractivity contribution in [1.29, 1.82) is 0 Å². The topological polar surface area (TPSA) is 35.6 Å². The Labute approximate surface area is 158 Å². The minimum atomic E-state index is 0.0572. The first kappa shape index (κ1) is 19.4. The molecular weight excluding hydrogens is 322 g/mol. The van der Waals surface area contributed by atoms with E-state index in [9.17, 15) is 4.79 Å². The van der Waals surface area contributed by atoms with Crippen LogP contribution in [0.2, 0.25) is 0 Å². The molecular formula is C22H35N3O. The maximum atomic E-state index is 12.3. The lowest BCUT2D eigenvalue weighted by Gasteiger charge is -2.30. The number of carbonyl (C=O) groups excluding carboxylic acids is 1. The van der Waals surface area contributed by atoms with Gasteiger partial charge in [-0.15, -0.1) is 0 Å². The molecule has 4 heteroatoms. The van der Waals surface area contributed by atoms with Gasteiger partial charge in [0.25, 0.3) is 5.91 Å². The summed E-state index contributed by atoms with van der Waals surface area (Å²) in [5, 5.41) is 3.07. The second-order valence-electron chi connectivity index (χ2n) is 8.19. The Kier molecular flexibility index (Phi) is 7.51. The second kappa shape index (κ2) is 10.1. The maximum absolute atomic E-state index is 12.3. The van der Waals surface area contributed by atoms with Crippen LogP contribution in [0.4, 0.5) is 0 Å². The van der Waals surface area contributed by atoms with Gasteiger partial charge in [0.2, 0.25) is 0 Å². The molecule has 1 N–H and O–H groups in total. The van der Waals surface area contributed by atoms with Crippen LogP contribution in [0.1, 0.15) is 61.4 Å². The number of likely N-dealkylation sites (tertiary alicyclic amines) is 2. The lowest BCUT2D eigenvalue weighted by molar-refractivity contribution is 0.0951. The van der Waals surface area contributed by atoms with Gasteiger partial charge < -0.3 is 10.2 Å². The third kappa shape index (κ3) is 6.10. The molecule has 1 aromatic rings. The highest BCUT2D eigenvalue weighted by Crippen LogP contribution is 2.18. The van der Waals surface area contributed by atoms with Gasteiger partial charge in [0.05, 0.1) is 0 Å². The first-order chi connectivity index (χ1) is 12.7. The molecule has 3 rings (SSSR count). The normalized spacial score (nSPS) is 22.3. The van der Waals surface area contributed by atoms with E-state index < -0.39 is 0 Å². The van der Waals surface area contributed by atoms with Crippen LogP contribution in [0, 0.1) is 5.92 Å². The third-order valence-corrected chi connectivity index (χ3v) is 5.75. The predicted molar refractivity (Wildman–Crippen MR) is 107 cm³/mol. The number of piperidine rings is 2. The zero-order chi connectivity index (χ0) is 18.2. The molecule has 0 aliphatic carbocycles. The number of hydrogen-bond acceptors (Lipinski definition) is 3. The van der Waals surface area contributed by atoms with Crippen molar-refractivity contribution in [2.75, 3.05) is 39.3 Å². The largest absolute Gasteiger partial charge is 0.352 e. The van der Waals surface area contributed by atoms with Crippen LogP contribution in [0.15, 0.2) is 24.3 Å². The Morgan fingerprint density at radius 3 is 2.50 bits per heavy atom. The Balaban J connectivity index is 1.37. The Hall–Kier alpha value is -1.39. The van der Waals surface area contributed by atoms with Crippen LogP contribution in [0.3, 0.4) is 0 Å². The van der Waals surface area contributed by atoms with Crippen molar-refractivity contribution in [1.82, 2.24) is 15.1 Å². The Bertz CT molecular complexity index is 551. The lowest BCUT2D eigenvalue weighted by Crippen LogP contribution is -2.33. The molecule has 0 aromatic heterocycles. The molecule has 1 unspecified atom stereocenters. The Morgan fingerprint density at radius 2 is 1.77 bits per heavy atom. The van der Waals surface area contributed by atoms with E-state index in [2.05, 4.69) is 34.2 Å². The van der Waals surface area contributed by atoms with Crippen molar-refractivity contribution in [3.63, 3.8) is 0 Å². The number of benzene rings is 1. The molecule has 0 bridgehead atoms. The number of amides is 1. The van der Waals surface area contributed by atoms with Crippen LogP contribution in [0.5, 0.6) is 0 Å². The number of carbonyl (C=O) groups is 1. The summed E-state index contributed by atoms with van der Waals surface area (Å²) >= 11 is 0. The number of rotatable bonds is 7. The molecule has 1 aromatic carbocycles. The van der Waals surface area contributed by atoms with Crippen LogP contribution in [-0.4, -0.2) is 55.0 Å². The van der Waals surface area contributed by atoms with Crippen molar-refractivity contribution in [2.24, 2.45) is 5.92 Å². The number of hydrogen-bond donors (Lipinski definition) is 1. The zero-order valence-corrected chi connectivity index (χ0v) is 16.4. The van der Waals surface area contributed by atoms with E-state index in [1.165, 1.54) is 63.8 Å². The standard InChI is InChI=1S/C22H35N3O/c1-19-7-5-15-25(17-19)18-20-8-10-21(11-9-20)22(26)23-12-6-16-24-13-3-2-4-14-24/h8-11,19H,2-7,12-18H2,1H3,(H,23,26). The summed E-state index contributed by atoms with van der Waals surface area (Å²) in [6.45, 7) is 10.1. The summed E-state index contributed by atoms with van der Waals surface area (Å²) in [5.74, 6) is 0.862. The highest BCUT2D eigenvalue weighted by atomic mass is 16.1. The minimum absolute atomic E-state index is 0.0572. The second-order valence-corrected chi connectivity index (χ2v) is 8.19. The summed E-state index contributed by atoms with van der Waals surface area (Å²) in [4.78, 5) is 17.4. The fourth-order valence-corrected chi connectivity index (χ4v) is 4.24. The fraction of sp³-hybridized carbons (Fsp3) is 0.682. The minimum Gasteiger partial charge on any atom is -0.352 e. The van der Waals surface area contributed by atoms with Gasteiger partial charge in [-0.25, -0.2) is 0 Å². The van der Waals surface area contributed by atoms with Gasteiger partial charge in [-0.2, -0.15) is 0 Å². The molecule has 0 spiro atoms. The van der Waals surface area contributed by atoms with E-state index in [4.69, 9.17) is 0 Å². The summed E-state index contributed by atoms with van der Waals surface area (Å²) in [6, 6.07) is 8.18. The summed E-state index contributed by atoms with van der Waals surface area (Å²) < 4.78 is 0. The highest BCUT2D eigenvalue weighted by molar-refractivity contribution is 5.94. The van der Waals surface area contributed by atoms with E-state index >= 15 is 0 Å². The monoisotopic (exact) mass is 357 g/mol. The van der Waals surface area contributed by atoms with Crippen molar-refractivity contribution < 1.29 is 4.79 Å². The van der Waals surface area contributed by atoms with Gasteiger partial charge >= 0.3 is 0 Å². The van der Waals surface area contributed by atoms with Crippen LogP contribution >= 0.6 is 0 Å². The fourth-order valence-electron chi connectivity index (χ4n) is 4.24. The average Bonchev–Trinajstić information content (AvgIpc) is 2.66. The smallest absolute Gasteiger partial charge is 0.251 e. The number of nitrogens with one attached hydrogen (secondary N) is 1. The molecule has 1 amide bonds. The molecule has 2 aliphatic heterocycles. The zero-order valence-electron chi connectivity index (χ0n) is 16.4. The molecule has 2 fully saturated rings. The van der Waals surface area contributed by atoms with Crippen LogP contribution < -0.4 is 5.32 Å². The van der Waals surface area contributed by atoms with Crippen molar-refractivity contribution in [3.05, 3.63) is 35.4 Å². The molecule has 4 nitrogen and oxygen atoms in total. The average molecular weight is 358 g/mol. The molecule has 2 saturated heterocycles. The van der Waals surface area contributed by atoms with Gasteiger partial charge in [0.15, 0.2) is 0 Å². The van der Waals surface area contributed by atoms with Gasteiger partial charge in [-0.05, 0) is 81.9 Å². The van der Waals surface area contributed by atoms with E-state index in [1.54, 1.807) is 0 Å². The van der Waals surface area contributed by atoms with E-state index in [0.29, 0.717) is 0 Å². The van der Waals surface area contributed by atoms with Gasteiger partial charge in [-0.1, -0.05) is 25.5 Å². The van der Waals surface area contributed by atoms with E-state index in [0.717, 1.165) is 37.5 Å². The van der Waals surface area contributed by atoms with Crippen molar-refractivity contribution in [3.8, 4) is 0 Å². The first-order valence-electron chi connectivity index (χ1n) is 10.5. The van der Waals surface area contributed by atoms with Crippen LogP contribution in [-0.2, 0) is 6.54 Å². The third-order valence-electron chi connectivity index (χ3n) is 5.75. The molecule has 0 radical (unpaired) electrons. The summed E-state index contributed by atoms with van der Waals surface area (Å²) in [5.41, 5.74) is 2.08. The molecule has 1 atom stereocenters. The van der Waals surface area contributed by atoms with Crippen LogP contribution in [0.25, 0.3) is 0 Å². The van der Waals surface area contributed by atoms with Crippen molar-refractivity contribution in [2.45, 2.75) is 52.0 Å². The molecule has 0 saturated carbocycles. The SMILES string of the molecule is CC1CCCN(Cc2ccc(C(=O)NCCCN3CCCCC3)cc2)C1. The quantitative estimate of drug-likeness (QED) is 0.759. The first-order valence-corrected chi connectivity index (χ1v) is 10.5. The van der Waals surface area contributed by atoms with E-state index in [-0.39, 0.29) is 5.91 Å². The van der Waals surface area contributed by atoms with Gasteiger partial charge in [0, 0.05) is 25.2 Å². The molecule has 2 aliphatic rings. The predicted octanol–water partition coefficient (Wildman–Crippen LogP) is 3.52. The molecule has 144 valence electrons. The summed E-state index contributed by atoms with van der Waals surface area (Å²) in [7, 11) is 0. The Morgan fingerprint density at radius 1 is 1.04 bits per heavy atom. The maximum Gasteiger partial charge on any atom is 0.251 e. The van der Waals surface area contributed by atoms with E-state index in [1.807, 2.05) is 12.1 Å². The lowest BCUT2D eigenvalue weighted by atomic mass is 9.99.